The van der Waals surface area contributed by atoms with Crippen molar-refractivity contribution in [3.05, 3.63) is 215 Å². The number of hydrogen-bond acceptors (Lipinski definition) is 1. The Labute approximate surface area is 292 Å². The Morgan fingerprint density at radius 3 is 1.82 bits per heavy atom. The lowest BCUT2D eigenvalue weighted by Gasteiger charge is -2.39. The Balaban J connectivity index is 1.26. The molecule has 1 aliphatic heterocycles. The van der Waals surface area contributed by atoms with E-state index in [0.29, 0.717) is 0 Å². The van der Waals surface area contributed by atoms with Crippen molar-refractivity contribution in [2.45, 2.75) is 17.8 Å². The molecule has 1 heteroatoms. The predicted octanol–water partition coefficient (Wildman–Crippen LogP) is 12.3. The molecule has 2 aliphatic carbocycles. The fourth-order valence-corrected chi connectivity index (χ4v) is 9.75. The Morgan fingerprint density at radius 2 is 0.980 bits per heavy atom. The first-order valence-electron chi connectivity index (χ1n) is 17.5. The van der Waals surface area contributed by atoms with Crippen LogP contribution in [0.15, 0.2) is 176 Å². The fourth-order valence-electron chi connectivity index (χ4n) is 9.75. The van der Waals surface area contributed by atoms with Crippen molar-refractivity contribution in [3.8, 4) is 44.9 Å². The molecule has 11 rings (SSSR count). The number of rotatable bonds is 2. The minimum atomic E-state index is -0.490. The van der Waals surface area contributed by atoms with Gasteiger partial charge in [-0.1, -0.05) is 170 Å². The molecule has 8 aromatic carbocycles. The van der Waals surface area contributed by atoms with Gasteiger partial charge in [0.25, 0.3) is 0 Å². The van der Waals surface area contributed by atoms with E-state index in [0.717, 1.165) is 17.1 Å². The molecule has 3 aliphatic rings. The van der Waals surface area contributed by atoms with Crippen molar-refractivity contribution < 1.29 is 4.74 Å². The highest BCUT2D eigenvalue weighted by Gasteiger charge is 2.53. The Morgan fingerprint density at radius 1 is 0.400 bits per heavy atom. The molecule has 0 aromatic heterocycles. The molecule has 50 heavy (non-hydrogen) atoms. The second kappa shape index (κ2) is 9.94. The van der Waals surface area contributed by atoms with Gasteiger partial charge in [-0.15, -0.1) is 0 Å². The van der Waals surface area contributed by atoms with Gasteiger partial charge in [-0.05, 0) is 79.4 Å². The summed E-state index contributed by atoms with van der Waals surface area (Å²) in [6, 6.07) is 64.8. The van der Waals surface area contributed by atoms with Crippen LogP contribution < -0.4 is 4.74 Å². The second-order valence-corrected chi connectivity index (χ2v) is 14.1. The van der Waals surface area contributed by atoms with Crippen LogP contribution in [0.25, 0.3) is 44.2 Å². The first-order valence-corrected chi connectivity index (χ1v) is 17.5. The molecule has 0 saturated heterocycles. The van der Waals surface area contributed by atoms with Crippen LogP contribution in [-0.4, -0.2) is 0 Å². The zero-order chi connectivity index (χ0) is 33.0. The third-order valence-electron chi connectivity index (χ3n) is 11.8. The Hall–Kier alpha value is -6.18. The maximum atomic E-state index is 7.06. The van der Waals surface area contributed by atoms with E-state index in [-0.39, 0.29) is 0 Å². The van der Waals surface area contributed by atoms with Crippen LogP contribution in [-0.2, 0) is 10.8 Å². The molecule has 0 amide bonds. The van der Waals surface area contributed by atoms with E-state index in [1.807, 2.05) is 0 Å². The summed E-state index contributed by atoms with van der Waals surface area (Å²) in [6.45, 7) is 2.35. The van der Waals surface area contributed by atoms with Crippen molar-refractivity contribution >= 4 is 10.8 Å². The predicted molar refractivity (Wildman–Crippen MR) is 204 cm³/mol. The average molecular weight is 637 g/mol. The van der Waals surface area contributed by atoms with Gasteiger partial charge in [-0.3, -0.25) is 0 Å². The third kappa shape index (κ3) is 3.32. The number of benzene rings is 8. The summed E-state index contributed by atoms with van der Waals surface area (Å²) in [4.78, 5) is 0. The first-order chi connectivity index (χ1) is 24.7. The van der Waals surface area contributed by atoms with Gasteiger partial charge in [0.05, 0.1) is 5.41 Å². The molecule has 1 nitrogen and oxygen atoms in total. The Bertz CT molecular complexity index is 2700. The molecule has 2 atom stereocenters. The fraction of sp³-hybridized carbons (Fsp3) is 0.0612. The van der Waals surface area contributed by atoms with Crippen LogP contribution in [0.2, 0.25) is 0 Å². The molecular weight excluding hydrogens is 605 g/mol. The minimum Gasteiger partial charge on any atom is -0.456 e. The van der Waals surface area contributed by atoms with Crippen molar-refractivity contribution in [2.75, 3.05) is 0 Å². The number of para-hydroxylation sites is 2. The normalized spacial score (nSPS) is 18.8. The van der Waals surface area contributed by atoms with E-state index in [4.69, 9.17) is 4.74 Å². The summed E-state index contributed by atoms with van der Waals surface area (Å²) < 4.78 is 7.06. The van der Waals surface area contributed by atoms with Gasteiger partial charge in [0, 0.05) is 22.1 Å². The molecule has 0 radical (unpaired) electrons. The van der Waals surface area contributed by atoms with Gasteiger partial charge in [0.1, 0.15) is 11.5 Å². The monoisotopic (exact) mass is 636 g/mol. The molecule has 1 heterocycles. The van der Waals surface area contributed by atoms with Crippen LogP contribution in [0.5, 0.6) is 11.5 Å². The molecule has 0 N–H and O–H groups in total. The van der Waals surface area contributed by atoms with Crippen molar-refractivity contribution in [1.29, 1.82) is 0 Å². The summed E-state index contributed by atoms with van der Waals surface area (Å²) in [5.41, 5.74) is 15.7. The molecular formula is C49H32O. The topological polar surface area (TPSA) is 9.23 Å². The quantitative estimate of drug-likeness (QED) is 0.183. The number of fused-ring (bicyclic) bond motifs is 14. The van der Waals surface area contributed by atoms with Crippen LogP contribution >= 0.6 is 0 Å². The SMILES string of the molecule is CC1(c2ccccc2)c2ccccc2Oc2c(-c3cccc4c3C3(c5ccccc5-4)c4ccccc4-c4c3ccc3ccccc43)cccc21. The van der Waals surface area contributed by atoms with Crippen molar-refractivity contribution in [2.24, 2.45) is 0 Å². The van der Waals surface area contributed by atoms with E-state index in [2.05, 4.69) is 183 Å². The lowest BCUT2D eigenvalue weighted by atomic mass is 9.67. The summed E-state index contributed by atoms with van der Waals surface area (Å²) in [5.74, 6) is 1.84. The van der Waals surface area contributed by atoms with Crippen LogP contribution in [0.1, 0.15) is 45.9 Å². The average Bonchev–Trinajstić information content (AvgIpc) is 3.66. The van der Waals surface area contributed by atoms with E-state index < -0.39 is 10.8 Å². The smallest absolute Gasteiger partial charge is 0.139 e. The van der Waals surface area contributed by atoms with Crippen LogP contribution in [0, 0.1) is 0 Å². The maximum Gasteiger partial charge on any atom is 0.139 e. The Kier molecular flexibility index (Phi) is 5.51. The van der Waals surface area contributed by atoms with Crippen molar-refractivity contribution in [3.63, 3.8) is 0 Å². The third-order valence-corrected chi connectivity index (χ3v) is 11.8. The van der Waals surface area contributed by atoms with Gasteiger partial charge >= 0.3 is 0 Å². The lowest BCUT2D eigenvalue weighted by Crippen LogP contribution is -2.30. The van der Waals surface area contributed by atoms with E-state index >= 15 is 0 Å². The highest BCUT2D eigenvalue weighted by molar-refractivity contribution is 6.07. The molecule has 2 unspecified atom stereocenters. The highest BCUT2D eigenvalue weighted by Crippen LogP contribution is 2.66. The molecule has 0 saturated carbocycles. The molecule has 0 bridgehead atoms. The van der Waals surface area contributed by atoms with Crippen LogP contribution in [0.3, 0.4) is 0 Å². The second-order valence-electron chi connectivity index (χ2n) is 14.1. The van der Waals surface area contributed by atoms with Gasteiger partial charge in [0.15, 0.2) is 0 Å². The molecule has 1 spiro atoms. The van der Waals surface area contributed by atoms with E-state index in [1.54, 1.807) is 0 Å². The summed E-state index contributed by atoms with van der Waals surface area (Å²) in [7, 11) is 0. The molecule has 8 aromatic rings. The maximum absolute atomic E-state index is 7.06. The van der Waals surface area contributed by atoms with Gasteiger partial charge in [-0.2, -0.15) is 0 Å². The van der Waals surface area contributed by atoms with Crippen LogP contribution in [0.4, 0.5) is 0 Å². The van der Waals surface area contributed by atoms with E-state index in [1.165, 1.54) is 77.5 Å². The highest BCUT2D eigenvalue weighted by atomic mass is 16.5. The van der Waals surface area contributed by atoms with Crippen molar-refractivity contribution in [1.82, 2.24) is 0 Å². The zero-order valence-corrected chi connectivity index (χ0v) is 27.7. The standard InChI is InChI=1S/C49H32O/c1-48(32-16-3-2-4-17-32)41-26-11-12-28-44(41)50-47-37(23-14-27-43(47)48)36-22-13-21-35-34-19-7-9-24-39(34)49(46(35)36)40-25-10-8-20-38(40)45-33-18-6-5-15-31(33)29-30-42(45)49/h2-30H,1H3. The van der Waals surface area contributed by atoms with Gasteiger partial charge in [-0.25, -0.2) is 0 Å². The van der Waals surface area contributed by atoms with E-state index in [9.17, 15) is 0 Å². The first kappa shape index (κ1) is 27.7. The summed E-state index contributed by atoms with van der Waals surface area (Å²) in [5, 5.41) is 2.57. The van der Waals surface area contributed by atoms with Gasteiger partial charge in [0.2, 0.25) is 0 Å². The number of hydrogen-bond donors (Lipinski definition) is 0. The summed E-state index contributed by atoms with van der Waals surface area (Å²) in [6.07, 6.45) is 0. The number of ether oxygens (including phenoxy) is 1. The minimum absolute atomic E-state index is 0.397. The molecule has 234 valence electrons. The molecule has 0 fully saturated rings. The summed E-state index contributed by atoms with van der Waals surface area (Å²) >= 11 is 0. The lowest BCUT2D eigenvalue weighted by molar-refractivity contribution is 0.429. The largest absolute Gasteiger partial charge is 0.456 e. The zero-order valence-electron chi connectivity index (χ0n) is 27.7. The van der Waals surface area contributed by atoms with Gasteiger partial charge < -0.3 is 4.74 Å².